The van der Waals surface area contributed by atoms with Crippen LogP contribution in [-0.2, 0) is 0 Å². The van der Waals surface area contributed by atoms with E-state index in [1.807, 2.05) is 0 Å². The molecule has 0 atom stereocenters. The molecule has 0 aliphatic heterocycles. The minimum Gasteiger partial charge on any atom is -0.0882 e. The topological polar surface area (TPSA) is 0 Å². The van der Waals surface area contributed by atoms with E-state index in [9.17, 15) is 0 Å². The van der Waals surface area contributed by atoms with Crippen LogP contribution in [0, 0.1) is 0 Å². The molecule has 0 aliphatic carbocycles. The normalized spacial score (nSPS) is 12.3. The Kier molecular flexibility index (Phi) is 11.6. The third-order valence-corrected chi connectivity index (χ3v) is 10.7. The number of unbranched alkanes of at least 4 members (excludes halogenated alkanes) is 3. The lowest BCUT2D eigenvalue weighted by molar-refractivity contribution is 0.728. The molecule has 0 aliphatic rings. The van der Waals surface area contributed by atoms with Crippen molar-refractivity contribution in [3.63, 3.8) is 0 Å². The van der Waals surface area contributed by atoms with Gasteiger partial charge in [-0.15, -0.1) is 0 Å². The third-order valence-electron chi connectivity index (χ3n) is 6.24. The maximum atomic E-state index is 2.38. The predicted molar refractivity (Wildman–Crippen MR) is 155 cm³/mol. The minimum atomic E-state index is -1.71. The summed E-state index contributed by atoms with van der Waals surface area (Å²) in [5, 5.41) is 4.39. The number of allylic oxidation sites excluding steroid dienone is 6. The van der Waals surface area contributed by atoms with Gasteiger partial charge in [0.15, 0.2) is 0 Å². The van der Waals surface area contributed by atoms with Gasteiger partial charge in [0.1, 0.15) is 23.2 Å². The van der Waals surface area contributed by atoms with E-state index in [-0.39, 0.29) is 0 Å². The van der Waals surface area contributed by atoms with Crippen LogP contribution in [0.25, 0.3) is 0 Å². The molecule has 34 heavy (non-hydrogen) atoms. The van der Waals surface area contributed by atoms with E-state index in [2.05, 4.69) is 134 Å². The van der Waals surface area contributed by atoms with Gasteiger partial charge < -0.3 is 0 Å². The zero-order valence-electron chi connectivity index (χ0n) is 20.7. The Hall–Kier alpha value is -2.69. The Bertz CT molecular complexity index is 904. The molecule has 0 saturated heterocycles. The fourth-order valence-electron chi connectivity index (χ4n) is 4.44. The molecule has 0 N–H and O–H groups in total. The Balaban J connectivity index is 1.67. The minimum absolute atomic E-state index is 1.01. The lowest BCUT2D eigenvalue weighted by Gasteiger charge is -2.27. The van der Waals surface area contributed by atoms with E-state index in [0.29, 0.717) is 0 Å². The molecule has 0 bridgehead atoms. The summed E-state index contributed by atoms with van der Waals surface area (Å²) < 4.78 is 0. The van der Waals surface area contributed by atoms with Crippen LogP contribution in [-0.4, -0.2) is 6.16 Å². The third kappa shape index (κ3) is 7.68. The van der Waals surface area contributed by atoms with Crippen LogP contribution in [0.2, 0.25) is 0 Å². The zero-order valence-corrected chi connectivity index (χ0v) is 21.6. The van der Waals surface area contributed by atoms with E-state index in [1.54, 1.807) is 0 Å². The molecule has 0 aromatic heterocycles. The number of hydrogen-bond donors (Lipinski definition) is 0. The van der Waals surface area contributed by atoms with Gasteiger partial charge in [-0.1, -0.05) is 111 Å². The highest BCUT2D eigenvalue weighted by atomic mass is 31.2. The first-order valence-corrected chi connectivity index (χ1v) is 14.8. The zero-order chi connectivity index (χ0) is 23.7. The van der Waals surface area contributed by atoms with Gasteiger partial charge in [-0.3, -0.25) is 0 Å². The molecule has 3 aromatic carbocycles. The van der Waals surface area contributed by atoms with Gasteiger partial charge in [0.05, 0.1) is 6.16 Å². The van der Waals surface area contributed by atoms with Gasteiger partial charge in [0.25, 0.3) is 0 Å². The van der Waals surface area contributed by atoms with Gasteiger partial charge in [0.2, 0.25) is 0 Å². The van der Waals surface area contributed by atoms with Gasteiger partial charge >= 0.3 is 0 Å². The quantitative estimate of drug-likeness (QED) is 0.127. The molecular formula is C33H40P+. The first-order chi connectivity index (χ1) is 16.9. The summed E-state index contributed by atoms with van der Waals surface area (Å²) in [6.45, 7) is 2.26. The summed E-state index contributed by atoms with van der Waals surface area (Å²) in [6.07, 6.45) is 23.4. The van der Waals surface area contributed by atoms with Crippen LogP contribution in [0.4, 0.5) is 0 Å². The van der Waals surface area contributed by atoms with Crippen LogP contribution >= 0.6 is 7.26 Å². The molecule has 0 fully saturated rings. The van der Waals surface area contributed by atoms with Gasteiger partial charge in [-0.2, -0.15) is 0 Å². The van der Waals surface area contributed by atoms with Crippen molar-refractivity contribution in [3.8, 4) is 0 Å². The van der Waals surface area contributed by atoms with Crippen LogP contribution in [0.5, 0.6) is 0 Å². The fourth-order valence-corrected chi connectivity index (χ4v) is 8.69. The van der Waals surface area contributed by atoms with Crippen LogP contribution < -0.4 is 15.9 Å². The van der Waals surface area contributed by atoms with Crippen LogP contribution in [0.15, 0.2) is 127 Å². The summed E-state index contributed by atoms with van der Waals surface area (Å²) in [4.78, 5) is 0. The Morgan fingerprint density at radius 1 is 0.500 bits per heavy atom. The lowest BCUT2D eigenvalue weighted by atomic mass is 10.2. The molecule has 0 nitrogen and oxygen atoms in total. The molecule has 3 aromatic rings. The molecule has 176 valence electrons. The maximum absolute atomic E-state index is 2.38. The van der Waals surface area contributed by atoms with E-state index in [0.717, 1.165) is 25.4 Å². The highest BCUT2D eigenvalue weighted by Gasteiger charge is 2.44. The molecule has 0 amide bonds. The summed E-state index contributed by atoms with van der Waals surface area (Å²) in [6, 6.07) is 33.5. The molecule has 1 heteroatoms. The first-order valence-electron chi connectivity index (χ1n) is 12.9. The SMILES string of the molecule is CCCCC/C=C\C/C=C\C/C=C\CC[P+](c1ccccc1)(c1ccccc1)c1ccccc1. The molecule has 0 spiro atoms. The van der Waals surface area contributed by atoms with Crippen LogP contribution in [0.1, 0.15) is 51.9 Å². The highest BCUT2D eigenvalue weighted by Crippen LogP contribution is 2.55. The second kappa shape index (κ2) is 15.3. The second-order valence-electron chi connectivity index (χ2n) is 8.71. The number of benzene rings is 3. The van der Waals surface area contributed by atoms with Gasteiger partial charge in [0, 0.05) is 6.42 Å². The van der Waals surface area contributed by atoms with E-state index < -0.39 is 7.26 Å². The molecule has 0 radical (unpaired) electrons. The predicted octanol–water partition coefficient (Wildman–Crippen LogP) is 8.40. The van der Waals surface area contributed by atoms with E-state index in [4.69, 9.17) is 0 Å². The summed E-state index contributed by atoms with van der Waals surface area (Å²) in [7, 11) is -1.71. The largest absolute Gasteiger partial charge is 0.112 e. The standard InChI is InChI=1S/C33H40P/c1-2-3-4-5-6-7-8-9-10-11-12-13-23-30-34(31-24-17-14-18-25-31,32-26-19-15-20-27-32)33-28-21-16-22-29-33/h6-7,9-10,12-22,24-29H,2-5,8,11,23,30H2,1H3/q+1/b7-6-,10-9-,13-12-. The summed E-state index contributed by atoms with van der Waals surface area (Å²) in [5.41, 5.74) is 0. The van der Waals surface area contributed by atoms with Crippen LogP contribution in [0.3, 0.4) is 0 Å². The van der Waals surface area contributed by atoms with Gasteiger partial charge in [-0.25, -0.2) is 0 Å². The molecule has 0 heterocycles. The van der Waals surface area contributed by atoms with Crippen molar-refractivity contribution >= 4 is 23.2 Å². The van der Waals surface area contributed by atoms with Crippen molar-refractivity contribution in [1.82, 2.24) is 0 Å². The van der Waals surface area contributed by atoms with Crippen molar-refractivity contribution in [3.05, 3.63) is 127 Å². The first kappa shape index (κ1) is 25.9. The second-order valence-corrected chi connectivity index (χ2v) is 12.3. The average Bonchev–Trinajstić information content (AvgIpc) is 2.91. The van der Waals surface area contributed by atoms with Crippen molar-refractivity contribution in [2.75, 3.05) is 6.16 Å². The Morgan fingerprint density at radius 2 is 0.912 bits per heavy atom. The molecular weight excluding hydrogens is 427 g/mol. The molecule has 0 unspecified atom stereocenters. The average molecular weight is 468 g/mol. The lowest BCUT2D eigenvalue weighted by Crippen LogP contribution is -2.33. The molecule has 3 rings (SSSR count). The smallest absolute Gasteiger partial charge is 0.0882 e. The van der Waals surface area contributed by atoms with Crippen molar-refractivity contribution in [1.29, 1.82) is 0 Å². The number of rotatable bonds is 14. The number of hydrogen-bond acceptors (Lipinski definition) is 0. The Morgan fingerprint density at radius 3 is 1.35 bits per heavy atom. The fraction of sp³-hybridized carbons (Fsp3) is 0.273. The van der Waals surface area contributed by atoms with Crippen molar-refractivity contribution in [2.45, 2.75) is 51.9 Å². The Labute approximate surface area is 208 Å². The van der Waals surface area contributed by atoms with E-state index >= 15 is 0 Å². The maximum Gasteiger partial charge on any atom is 0.112 e. The van der Waals surface area contributed by atoms with Gasteiger partial charge in [-0.05, 0) is 62.1 Å². The summed E-state index contributed by atoms with van der Waals surface area (Å²) in [5.74, 6) is 0. The summed E-state index contributed by atoms with van der Waals surface area (Å²) >= 11 is 0. The van der Waals surface area contributed by atoms with Crippen molar-refractivity contribution < 1.29 is 0 Å². The van der Waals surface area contributed by atoms with E-state index in [1.165, 1.54) is 41.6 Å². The van der Waals surface area contributed by atoms with Crippen molar-refractivity contribution in [2.24, 2.45) is 0 Å². The molecule has 0 saturated carbocycles. The highest BCUT2D eigenvalue weighted by molar-refractivity contribution is 7.95. The monoisotopic (exact) mass is 467 g/mol.